The Morgan fingerprint density at radius 1 is 1.00 bits per heavy atom. The molecule has 2 saturated heterocycles. The minimum atomic E-state index is -0.0919. The van der Waals surface area contributed by atoms with Crippen molar-refractivity contribution in [2.75, 3.05) is 14.2 Å². The number of methoxy groups -OCH3 is 2. The number of nitrogens with zero attached hydrogens (tertiary/aromatic N) is 1. The fraction of sp³-hybridized carbons (Fsp3) is 0.435. The zero-order valence-corrected chi connectivity index (χ0v) is 16.6. The van der Waals surface area contributed by atoms with E-state index in [0.717, 1.165) is 25.8 Å². The van der Waals surface area contributed by atoms with Gasteiger partial charge in [0.15, 0.2) is 11.5 Å². The minimum Gasteiger partial charge on any atom is -0.493 e. The van der Waals surface area contributed by atoms with Gasteiger partial charge >= 0.3 is 0 Å². The lowest BCUT2D eigenvalue weighted by molar-refractivity contribution is 0.0774. The van der Waals surface area contributed by atoms with E-state index in [-0.39, 0.29) is 11.9 Å². The molecule has 2 heterocycles. The molecular formula is C23H28N2O3. The van der Waals surface area contributed by atoms with Crippen LogP contribution in [-0.2, 0) is 6.54 Å². The van der Waals surface area contributed by atoms with Crippen LogP contribution in [0.15, 0.2) is 48.5 Å². The Bertz CT molecular complexity index is 824. The lowest BCUT2D eigenvalue weighted by Crippen LogP contribution is -2.54. The summed E-state index contributed by atoms with van der Waals surface area (Å²) in [5.41, 5.74) is 1.86. The molecule has 2 aromatic rings. The molecule has 2 aliphatic rings. The number of piperidine rings is 1. The van der Waals surface area contributed by atoms with Crippen molar-refractivity contribution in [1.82, 2.24) is 10.2 Å². The number of rotatable bonds is 6. The van der Waals surface area contributed by atoms with Gasteiger partial charge in [0.05, 0.1) is 19.8 Å². The quantitative estimate of drug-likeness (QED) is 0.831. The number of carbonyl (C=O) groups excluding carboxylic acids is 1. The summed E-state index contributed by atoms with van der Waals surface area (Å²) in [5, 5.41) is 3.29. The summed E-state index contributed by atoms with van der Waals surface area (Å²) in [6, 6.07) is 17.2. The van der Waals surface area contributed by atoms with E-state index in [1.54, 1.807) is 26.4 Å². The number of nitrogens with one attached hydrogen (secondary N) is 1. The molecule has 2 bridgehead atoms. The number of benzene rings is 2. The van der Waals surface area contributed by atoms with Gasteiger partial charge in [0.2, 0.25) is 0 Å². The van der Waals surface area contributed by atoms with Crippen LogP contribution in [0.4, 0.5) is 0 Å². The van der Waals surface area contributed by atoms with Crippen LogP contribution in [0.3, 0.4) is 0 Å². The van der Waals surface area contributed by atoms with Crippen molar-refractivity contribution in [2.45, 2.75) is 50.4 Å². The molecule has 0 spiro atoms. The maximum absolute atomic E-state index is 13.0. The molecule has 2 aromatic carbocycles. The molecule has 28 heavy (non-hydrogen) atoms. The molecule has 3 atom stereocenters. The van der Waals surface area contributed by atoms with Crippen molar-refractivity contribution in [2.24, 2.45) is 0 Å². The average Bonchev–Trinajstić information content (AvgIpc) is 3.00. The van der Waals surface area contributed by atoms with E-state index in [4.69, 9.17) is 9.47 Å². The van der Waals surface area contributed by atoms with Crippen LogP contribution in [0.1, 0.15) is 41.6 Å². The Balaban J connectivity index is 1.50. The highest BCUT2D eigenvalue weighted by Crippen LogP contribution is 2.37. The first-order valence-corrected chi connectivity index (χ1v) is 10.0. The van der Waals surface area contributed by atoms with E-state index in [1.807, 2.05) is 6.07 Å². The second kappa shape index (κ2) is 8.23. The number of amides is 1. The first-order valence-electron chi connectivity index (χ1n) is 10.0. The summed E-state index contributed by atoms with van der Waals surface area (Å²) in [5.74, 6) is 0.972. The largest absolute Gasteiger partial charge is 0.493 e. The first kappa shape index (κ1) is 18.8. The number of para-hydroxylation sites is 1. The molecule has 2 fully saturated rings. The topological polar surface area (TPSA) is 50.8 Å². The molecule has 148 valence electrons. The van der Waals surface area contributed by atoms with Crippen LogP contribution in [0.25, 0.3) is 0 Å². The highest BCUT2D eigenvalue weighted by molar-refractivity contribution is 5.98. The molecule has 0 aromatic heterocycles. The minimum absolute atomic E-state index is 0.0919. The summed E-state index contributed by atoms with van der Waals surface area (Å²) in [4.78, 5) is 15.6. The lowest BCUT2D eigenvalue weighted by atomic mass is 9.96. The van der Waals surface area contributed by atoms with Gasteiger partial charge in [0.1, 0.15) is 0 Å². The van der Waals surface area contributed by atoms with Crippen molar-refractivity contribution in [3.8, 4) is 11.5 Å². The predicted octanol–water partition coefficient (Wildman–Crippen LogP) is 3.63. The van der Waals surface area contributed by atoms with Gasteiger partial charge in [0.25, 0.3) is 5.91 Å². The molecule has 0 aliphatic carbocycles. The van der Waals surface area contributed by atoms with Gasteiger partial charge < -0.3 is 14.8 Å². The predicted molar refractivity (Wildman–Crippen MR) is 109 cm³/mol. The van der Waals surface area contributed by atoms with E-state index in [9.17, 15) is 4.79 Å². The number of fused-ring (bicyclic) bond motifs is 2. The third-order valence-electron chi connectivity index (χ3n) is 6.14. The van der Waals surface area contributed by atoms with Crippen molar-refractivity contribution in [1.29, 1.82) is 0 Å². The van der Waals surface area contributed by atoms with E-state index in [1.165, 1.54) is 12.0 Å². The van der Waals surface area contributed by atoms with Crippen molar-refractivity contribution < 1.29 is 14.3 Å². The molecular weight excluding hydrogens is 352 g/mol. The zero-order valence-electron chi connectivity index (χ0n) is 16.6. The van der Waals surface area contributed by atoms with Crippen LogP contribution >= 0.6 is 0 Å². The van der Waals surface area contributed by atoms with E-state index < -0.39 is 0 Å². The standard InChI is InChI=1S/C23H28N2O3/c1-27-21-10-6-9-18(22(21)28-2)23(26)24-19-13-11-17-12-14-20(19)25(17)15-16-7-4-3-5-8-16/h3-10,17,19-20H,11-15H2,1-2H3,(H,24,26). The molecule has 0 radical (unpaired) electrons. The summed E-state index contributed by atoms with van der Waals surface area (Å²) < 4.78 is 10.8. The molecule has 1 N–H and O–H groups in total. The van der Waals surface area contributed by atoms with Gasteiger partial charge in [-0.1, -0.05) is 36.4 Å². The monoisotopic (exact) mass is 380 g/mol. The van der Waals surface area contributed by atoms with Crippen molar-refractivity contribution in [3.05, 3.63) is 59.7 Å². The van der Waals surface area contributed by atoms with Crippen molar-refractivity contribution in [3.63, 3.8) is 0 Å². The lowest BCUT2D eigenvalue weighted by Gasteiger charge is -2.40. The van der Waals surface area contributed by atoms with Crippen LogP contribution in [-0.4, -0.2) is 43.2 Å². The van der Waals surface area contributed by atoms with Crippen LogP contribution in [0.2, 0.25) is 0 Å². The Kier molecular flexibility index (Phi) is 5.53. The summed E-state index contributed by atoms with van der Waals surface area (Å²) in [7, 11) is 3.15. The zero-order chi connectivity index (χ0) is 19.5. The summed E-state index contributed by atoms with van der Waals surface area (Å²) in [6.07, 6.45) is 4.51. The Morgan fingerprint density at radius 2 is 1.79 bits per heavy atom. The van der Waals surface area contributed by atoms with Gasteiger partial charge in [-0.25, -0.2) is 0 Å². The molecule has 1 amide bonds. The van der Waals surface area contributed by atoms with Gasteiger partial charge in [-0.2, -0.15) is 0 Å². The van der Waals surface area contributed by atoms with Gasteiger partial charge in [0, 0.05) is 24.7 Å². The molecule has 2 aliphatic heterocycles. The summed E-state index contributed by atoms with van der Waals surface area (Å²) >= 11 is 0. The summed E-state index contributed by atoms with van der Waals surface area (Å²) in [6.45, 7) is 0.949. The van der Waals surface area contributed by atoms with Gasteiger partial charge in [-0.05, 0) is 43.4 Å². The Hall–Kier alpha value is -2.53. The maximum Gasteiger partial charge on any atom is 0.255 e. The molecule has 3 unspecified atom stereocenters. The smallest absolute Gasteiger partial charge is 0.255 e. The van der Waals surface area contributed by atoms with Crippen LogP contribution in [0.5, 0.6) is 11.5 Å². The molecule has 4 rings (SSSR count). The fourth-order valence-corrected chi connectivity index (χ4v) is 4.79. The first-order chi connectivity index (χ1) is 13.7. The van der Waals surface area contributed by atoms with E-state index >= 15 is 0 Å². The Morgan fingerprint density at radius 3 is 2.54 bits per heavy atom. The molecule has 0 saturated carbocycles. The third kappa shape index (κ3) is 3.59. The molecule has 5 heteroatoms. The van der Waals surface area contributed by atoms with Gasteiger partial charge in [-0.3, -0.25) is 9.69 Å². The number of ether oxygens (including phenoxy) is 2. The number of carbonyl (C=O) groups is 1. The van der Waals surface area contributed by atoms with E-state index in [2.05, 4.69) is 40.5 Å². The maximum atomic E-state index is 13.0. The SMILES string of the molecule is COc1cccc(C(=O)NC2CCC3CCC2N3Cc2ccccc2)c1OC. The van der Waals surface area contributed by atoms with E-state index in [0.29, 0.717) is 29.1 Å². The highest BCUT2D eigenvalue weighted by Gasteiger charge is 2.42. The normalized spacial score (nSPS) is 24.0. The fourth-order valence-electron chi connectivity index (χ4n) is 4.79. The third-order valence-corrected chi connectivity index (χ3v) is 6.14. The molecule has 5 nitrogen and oxygen atoms in total. The van der Waals surface area contributed by atoms with Gasteiger partial charge in [-0.15, -0.1) is 0 Å². The number of hydrogen-bond donors (Lipinski definition) is 1. The Labute approximate surface area is 166 Å². The second-order valence-electron chi connectivity index (χ2n) is 7.65. The second-order valence-corrected chi connectivity index (χ2v) is 7.65. The van der Waals surface area contributed by atoms with Crippen LogP contribution < -0.4 is 14.8 Å². The highest BCUT2D eigenvalue weighted by atomic mass is 16.5. The van der Waals surface area contributed by atoms with Crippen molar-refractivity contribution >= 4 is 5.91 Å². The average molecular weight is 380 g/mol. The van der Waals surface area contributed by atoms with Crippen LogP contribution in [0, 0.1) is 0 Å². The number of hydrogen-bond acceptors (Lipinski definition) is 4.